The van der Waals surface area contributed by atoms with Gasteiger partial charge in [0.15, 0.2) is 0 Å². The van der Waals surface area contributed by atoms with Gasteiger partial charge in [0.2, 0.25) is 11.8 Å². The number of carbonyl (C=O) groups excluding carboxylic acids is 2. The maximum atomic E-state index is 12.2. The van der Waals surface area contributed by atoms with Crippen LogP contribution in [-0.2, 0) is 16.0 Å². The Morgan fingerprint density at radius 3 is 2.82 bits per heavy atom. The molecule has 2 unspecified atom stereocenters. The van der Waals surface area contributed by atoms with E-state index in [1.54, 1.807) is 0 Å². The van der Waals surface area contributed by atoms with Gasteiger partial charge >= 0.3 is 0 Å². The van der Waals surface area contributed by atoms with Crippen LogP contribution in [0.15, 0.2) is 18.2 Å². The average molecular weight is 324 g/mol. The van der Waals surface area contributed by atoms with Crippen molar-refractivity contribution in [3.05, 3.63) is 23.8 Å². The van der Waals surface area contributed by atoms with Crippen LogP contribution in [0.5, 0.6) is 0 Å². The molecule has 4 N–H and O–H groups in total. The lowest BCUT2D eigenvalue weighted by atomic mass is 10.1. The highest BCUT2D eigenvalue weighted by molar-refractivity contribution is 5.95. The number of amides is 2. The number of benzene rings is 1. The number of hydrogen-bond acceptors (Lipinski definition) is 3. The van der Waals surface area contributed by atoms with Crippen molar-refractivity contribution < 1.29 is 9.59 Å². The quantitative estimate of drug-likeness (QED) is 0.781. The highest BCUT2D eigenvalue weighted by atomic mass is 35.5. The minimum absolute atomic E-state index is 0. The number of anilines is 2. The second-order valence-corrected chi connectivity index (χ2v) is 6.03. The van der Waals surface area contributed by atoms with E-state index in [4.69, 9.17) is 5.73 Å². The number of carbonyl (C=O) groups is 2. The van der Waals surface area contributed by atoms with Crippen molar-refractivity contribution >= 4 is 35.6 Å². The van der Waals surface area contributed by atoms with Crippen LogP contribution in [0, 0.1) is 5.92 Å². The third kappa shape index (κ3) is 3.78. The van der Waals surface area contributed by atoms with Gasteiger partial charge in [-0.25, -0.2) is 0 Å². The van der Waals surface area contributed by atoms with Gasteiger partial charge in [0, 0.05) is 29.8 Å². The summed E-state index contributed by atoms with van der Waals surface area (Å²) in [5.74, 6) is 0.143. The molecule has 2 amide bonds. The molecule has 2 atom stereocenters. The summed E-state index contributed by atoms with van der Waals surface area (Å²) in [7, 11) is 0. The highest BCUT2D eigenvalue weighted by Gasteiger charge is 2.27. The zero-order valence-corrected chi connectivity index (χ0v) is 13.2. The summed E-state index contributed by atoms with van der Waals surface area (Å²) in [5, 5.41) is 5.87. The zero-order chi connectivity index (χ0) is 14.8. The molecule has 0 bridgehead atoms. The third-order valence-electron chi connectivity index (χ3n) is 4.34. The Kier molecular flexibility index (Phi) is 5.42. The van der Waals surface area contributed by atoms with Crippen molar-refractivity contribution in [3.8, 4) is 0 Å². The van der Waals surface area contributed by atoms with Gasteiger partial charge in [-0.15, -0.1) is 12.4 Å². The maximum Gasteiger partial charge on any atom is 0.227 e. The van der Waals surface area contributed by atoms with Crippen LogP contribution >= 0.6 is 12.4 Å². The fraction of sp³-hybridized carbons (Fsp3) is 0.500. The predicted molar refractivity (Wildman–Crippen MR) is 89.2 cm³/mol. The Bertz CT molecular complexity index is 577. The average Bonchev–Trinajstić information content (AvgIpc) is 2.79. The number of nitrogens with one attached hydrogen (secondary N) is 2. The van der Waals surface area contributed by atoms with Gasteiger partial charge in [-0.05, 0) is 55.9 Å². The van der Waals surface area contributed by atoms with Gasteiger partial charge in [-0.2, -0.15) is 0 Å². The normalized spacial score (nSPS) is 23.8. The molecular weight excluding hydrogens is 302 g/mol. The van der Waals surface area contributed by atoms with Gasteiger partial charge in [0.05, 0.1) is 0 Å². The first-order chi connectivity index (χ1) is 10.1. The van der Waals surface area contributed by atoms with Crippen LogP contribution < -0.4 is 16.4 Å². The molecule has 120 valence electrons. The first kappa shape index (κ1) is 16.8. The monoisotopic (exact) mass is 323 g/mol. The minimum Gasteiger partial charge on any atom is -0.328 e. The third-order valence-corrected chi connectivity index (χ3v) is 4.34. The summed E-state index contributed by atoms with van der Waals surface area (Å²) in [6, 6.07) is 5.84. The summed E-state index contributed by atoms with van der Waals surface area (Å²) < 4.78 is 0. The first-order valence-corrected chi connectivity index (χ1v) is 7.61. The largest absolute Gasteiger partial charge is 0.328 e. The molecule has 1 aromatic carbocycles. The van der Waals surface area contributed by atoms with E-state index < -0.39 is 0 Å². The van der Waals surface area contributed by atoms with Crippen molar-refractivity contribution in [1.29, 1.82) is 0 Å². The van der Waals surface area contributed by atoms with Gasteiger partial charge < -0.3 is 16.4 Å². The van der Waals surface area contributed by atoms with E-state index in [9.17, 15) is 9.59 Å². The molecule has 0 radical (unpaired) electrons. The number of hydrogen-bond donors (Lipinski definition) is 3. The molecule has 0 aromatic heterocycles. The fourth-order valence-electron chi connectivity index (χ4n) is 3.15. The molecule has 1 saturated carbocycles. The molecule has 1 aliphatic heterocycles. The molecule has 1 aliphatic carbocycles. The van der Waals surface area contributed by atoms with Gasteiger partial charge in [-0.1, -0.05) is 0 Å². The van der Waals surface area contributed by atoms with Crippen molar-refractivity contribution in [2.24, 2.45) is 11.7 Å². The molecule has 5 nitrogen and oxygen atoms in total. The standard InChI is InChI=1S/C16H21N3O2.ClH/c17-12-5-4-11(8-12)16(21)18-13-6-7-14-10(9-13)2-1-3-15(20)19-14;/h6-7,9,11-12H,1-5,8,17H2,(H,18,21)(H,19,20);1H. The van der Waals surface area contributed by atoms with Crippen molar-refractivity contribution in [2.75, 3.05) is 10.6 Å². The Morgan fingerprint density at radius 2 is 2.09 bits per heavy atom. The van der Waals surface area contributed by atoms with Gasteiger partial charge in [0.25, 0.3) is 0 Å². The number of fused-ring (bicyclic) bond motifs is 1. The molecular formula is C16H22ClN3O2. The zero-order valence-electron chi connectivity index (χ0n) is 12.4. The van der Waals surface area contributed by atoms with Crippen molar-refractivity contribution in [3.63, 3.8) is 0 Å². The van der Waals surface area contributed by atoms with Gasteiger partial charge in [-0.3, -0.25) is 9.59 Å². The number of rotatable bonds is 2. The van der Waals surface area contributed by atoms with Crippen LogP contribution in [0.1, 0.15) is 37.7 Å². The maximum absolute atomic E-state index is 12.2. The van der Waals surface area contributed by atoms with Crippen LogP contribution in [-0.4, -0.2) is 17.9 Å². The summed E-state index contributed by atoms with van der Waals surface area (Å²) in [5.41, 5.74) is 8.60. The number of nitrogens with two attached hydrogens (primary N) is 1. The SMILES string of the molecule is Cl.NC1CCC(C(=O)Nc2ccc3c(c2)CCCC(=O)N3)C1. The first-order valence-electron chi connectivity index (χ1n) is 7.61. The number of aryl methyl sites for hydroxylation is 1. The van der Waals surface area contributed by atoms with E-state index in [-0.39, 0.29) is 36.2 Å². The highest BCUT2D eigenvalue weighted by Crippen LogP contribution is 2.28. The van der Waals surface area contributed by atoms with E-state index in [0.29, 0.717) is 6.42 Å². The van der Waals surface area contributed by atoms with Crippen LogP contribution in [0.4, 0.5) is 11.4 Å². The lowest BCUT2D eigenvalue weighted by Gasteiger charge is -2.13. The van der Waals surface area contributed by atoms with Gasteiger partial charge in [0.1, 0.15) is 0 Å². The lowest BCUT2D eigenvalue weighted by molar-refractivity contribution is -0.119. The number of halogens is 1. The fourth-order valence-corrected chi connectivity index (χ4v) is 3.15. The molecule has 1 fully saturated rings. The Hall–Kier alpha value is -1.59. The van der Waals surface area contributed by atoms with Crippen LogP contribution in [0.2, 0.25) is 0 Å². The molecule has 3 rings (SSSR count). The Balaban J connectivity index is 0.00000176. The topological polar surface area (TPSA) is 84.2 Å². The molecule has 2 aliphatic rings. The van der Waals surface area contributed by atoms with Crippen molar-refractivity contribution in [2.45, 2.75) is 44.6 Å². The second kappa shape index (κ2) is 7.11. The van der Waals surface area contributed by atoms with E-state index >= 15 is 0 Å². The van der Waals surface area contributed by atoms with Crippen molar-refractivity contribution in [1.82, 2.24) is 0 Å². The molecule has 1 aromatic rings. The summed E-state index contributed by atoms with van der Waals surface area (Å²) >= 11 is 0. The van der Waals surface area contributed by atoms with E-state index in [1.165, 1.54) is 0 Å². The lowest BCUT2D eigenvalue weighted by Crippen LogP contribution is -2.23. The predicted octanol–water partition coefficient (Wildman–Crippen LogP) is 2.45. The van der Waals surface area contributed by atoms with E-state index in [1.807, 2.05) is 18.2 Å². The Labute approximate surface area is 136 Å². The van der Waals surface area contributed by atoms with Crippen LogP contribution in [0.25, 0.3) is 0 Å². The van der Waals surface area contributed by atoms with E-state index in [2.05, 4.69) is 10.6 Å². The van der Waals surface area contributed by atoms with E-state index in [0.717, 1.165) is 49.0 Å². The molecule has 22 heavy (non-hydrogen) atoms. The molecule has 0 spiro atoms. The molecule has 6 heteroatoms. The minimum atomic E-state index is 0. The van der Waals surface area contributed by atoms with Crippen LogP contribution in [0.3, 0.4) is 0 Å². The Morgan fingerprint density at radius 1 is 1.27 bits per heavy atom. The smallest absolute Gasteiger partial charge is 0.227 e. The summed E-state index contributed by atoms with van der Waals surface area (Å²) in [6.45, 7) is 0. The second-order valence-electron chi connectivity index (χ2n) is 6.03. The summed E-state index contributed by atoms with van der Waals surface area (Å²) in [6.07, 6.45) is 4.81. The molecule has 1 heterocycles. The summed E-state index contributed by atoms with van der Waals surface area (Å²) in [4.78, 5) is 23.7. The molecule has 0 saturated heterocycles.